The molecule has 0 saturated carbocycles. The van der Waals surface area contributed by atoms with Crippen molar-refractivity contribution >= 4 is 17.6 Å². The number of aliphatic hydroxyl groups excluding tert-OH is 1. The van der Waals surface area contributed by atoms with Gasteiger partial charge in [-0.3, -0.25) is 0 Å². The fourth-order valence-electron chi connectivity index (χ4n) is 1.93. The Balaban J connectivity index is 2.85. The molecule has 0 aliphatic heterocycles. The van der Waals surface area contributed by atoms with Crippen LogP contribution in [0, 0.1) is 0 Å². The minimum Gasteiger partial charge on any atom is -0.396 e. The largest absolute Gasteiger partial charge is 0.396 e. The van der Waals surface area contributed by atoms with E-state index in [0.29, 0.717) is 6.61 Å². The zero-order valence-corrected chi connectivity index (χ0v) is 11.4. The van der Waals surface area contributed by atoms with Gasteiger partial charge >= 0.3 is 0 Å². The molecule has 0 unspecified atom stereocenters. The number of unbranched alkanes of at least 4 members (excludes halogenated alkanes) is 11. The summed E-state index contributed by atoms with van der Waals surface area (Å²) in [5.41, 5.74) is 0. The lowest BCUT2D eigenvalue weighted by Gasteiger charge is -2.01. The molecule has 96 valence electrons. The van der Waals surface area contributed by atoms with Gasteiger partial charge in [-0.2, -0.15) is 0 Å². The highest BCUT2D eigenvalue weighted by molar-refractivity contribution is 7.78. The second-order valence-corrected chi connectivity index (χ2v) is 4.90. The summed E-state index contributed by atoms with van der Waals surface area (Å²) in [6.07, 6.45) is 15.5. The molecule has 0 aromatic carbocycles. The highest BCUT2D eigenvalue weighted by atomic mass is 32.1. The fraction of sp³-hybridized carbons (Fsp3) is 0.929. The van der Waals surface area contributed by atoms with Crippen molar-refractivity contribution in [1.29, 1.82) is 0 Å². The number of aliphatic hydroxyl groups is 1. The molecule has 0 bridgehead atoms. The lowest BCUT2D eigenvalue weighted by Crippen LogP contribution is -1.84. The molecule has 0 radical (unpaired) electrons. The number of rotatable bonds is 13. The first-order valence-corrected chi connectivity index (χ1v) is 7.43. The highest BCUT2D eigenvalue weighted by Crippen LogP contribution is 2.11. The quantitative estimate of drug-likeness (QED) is 0.375. The zero-order valence-electron chi connectivity index (χ0n) is 10.6. The van der Waals surface area contributed by atoms with Crippen LogP contribution in [0.25, 0.3) is 0 Å². The lowest BCUT2D eigenvalue weighted by molar-refractivity contribution is 0.282. The van der Waals surface area contributed by atoms with Crippen molar-refractivity contribution in [3.05, 3.63) is 0 Å². The van der Waals surface area contributed by atoms with E-state index in [2.05, 4.69) is 0 Å². The van der Waals surface area contributed by atoms with Crippen LogP contribution in [0.2, 0.25) is 0 Å². The molecular weight excluding hydrogens is 216 g/mol. The summed E-state index contributed by atoms with van der Waals surface area (Å²) in [5, 5.41) is 10.5. The van der Waals surface area contributed by atoms with E-state index in [-0.39, 0.29) is 0 Å². The van der Waals surface area contributed by atoms with Crippen LogP contribution in [0.15, 0.2) is 0 Å². The Morgan fingerprint density at radius 3 is 1.38 bits per heavy atom. The van der Waals surface area contributed by atoms with E-state index in [1.54, 1.807) is 0 Å². The van der Waals surface area contributed by atoms with Crippen LogP contribution >= 0.6 is 12.2 Å². The molecule has 0 fully saturated rings. The van der Waals surface area contributed by atoms with Crippen molar-refractivity contribution in [2.24, 2.45) is 0 Å². The van der Waals surface area contributed by atoms with Crippen molar-refractivity contribution < 1.29 is 5.11 Å². The number of thiocarbonyl (C=S) groups is 1. The molecule has 0 aliphatic rings. The average Bonchev–Trinajstić information content (AvgIpc) is 2.31. The molecule has 0 amide bonds. The third-order valence-corrected chi connectivity index (χ3v) is 3.22. The first-order valence-electron chi connectivity index (χ1n) is 6.96. The third kappa shape index (κ3) is 14.1. The van der Waals surface area contributed by atoms with E-state index in [9.17, 15) is 0 Å². The molecule has 0 saturated heterocycles. The average molecular weight is 244 g/mol. The molecule has 0 aromatic heterocycles. The molecule has 0 aliphatic carbocycles. The molecule has 0 spiro atoms. The van der Waals surface area contributed by atoms with E-state index >= 15 is 0 Å². The van der Waals surface area contributed by atoms with Gasteiger partial charge in [0.05, 0.1) is 0 Å². The Morgan fingerprint density at radius 2 is 1.00 bits per heavy atom. The molecule has 0 atom stereocenters. The second-order valence-electron chi connectivity index (χ2n) is 4.57. The lowest BCUT2D eigenvalue weighted by atomic mass is 10.1. The van der Waals surface area contributed by atoms with Gasteiger partial charge in [-0.25, -0.2) is 0 Å². The molecule has 16 heavy (non-hydrogen) atoms. The zero-order chi connectivity index (χ0) is 11.9. The molecule has 0 rings (SSSR count). The first-order chi connectivity index (χ1) is 7.91. The van der Waals surface area contributed by atoms with Crippen LogP contribution in [0.1, 0.15) is 77.0 Å². The van der Waals surface area contributed by atoms with Crippen molar-refractivity contribution in [1.82, 2.24) is 0 Å². The van der Waals surface area contributed by atoms with Gasteiger partial charge in [-0.05, 0) is 24.6 Å². The summed E-state index contributed by atoms with van der Waals surface area (Å²) in [4.78, 5) is 0. The Bertz CT molecular complexity index is 137. The summed E-state index contributed by atoms with van der Waals surface area (Å²) >= 11 is 4.79. The molecule has 0 aromatic rings. The van der Waals surface area contributed by atoms with E-state index < -0.39 is 0 Å². The van der Waals surface area contributed by atoms with E-state index in [1.165, 1.54) is 64.2 Å². The predicted molar refractivity (Wildman–Crippen MR) is 76.1 cm³/mol. The van der Waals surface area contributed by atoms with E-state index in [0.717, 1.165) is 12.8 Å². The van der Waals surface area contributed by atoms with Gasteiger partial charge in [0.2, 0.25) is 0 Å². The summed E-state index contributed by atoms with van der Waals surface area (Å²) in [6.45, 7) is 0.363. The first kappa shape index (κ1) is 16.1. The maximum atomic E-state index is 8.62. The third-order valence-electron chi connectivity index (χ3n) is 2.98. The standard InChI is InChI=1S/C14H28OS/c15-13-11-9-7-5-3-1-2-4-6-8-10-12-14-16/h14-15H,1-13H2. The Labute approximate surface area is 107 Å². The summed E-state index contributed by atoms with van der Waals surface area (Å²) in [7, 11) is 0. The number of hydrogen-bond acceptors (Lipinski definition) is 2. The number of hydrogen-bond donors (Lipinski definition) is 1. The van der Waals surface area contributed by atoms with Gasteiger partial charge in [0.1, 0.15) is 0 Å². The van der Waals surface area contributed by atoms with E-state index in [4.69, 9.17) is 17.3 Å². The molecule has 1 N–H and O–H groups in total. The van der Waals surface area contributed by atoms with Gasteiger partial charge in [0, 0.05) is 6.61 Å². The van der Waals surface area contributed by atoms with Crippen LogP contribution in [-0.4, -0.2) is 17.1 Å². The van der Waals surface area contributed by atoms with Crippen molar-refractivity contribution in [2.75, 3.05) is 6.61 Å². The van der Waals surface area contributed by atoms with Crippen LogP contribution in [0.4, 0.5) is 0 Å². The minimum absolute atomic E-state index is 0.363. The van der Waals surface area contributed by atoms with Gasteiger partial charge in [0.25, 0.3) is 0 Å². The van der Waals surface area contributed by atoms with Gasteiger partial charge in [-0.1, -0.05) is 70.0 Å². The molecule has 1 nitrogen and oxygen atoms in total. The van der Waals surface area contributed by atoms with Crippen LogP contribution in [0.5, 0.6) is 0 Å². The highest BCUT2D eigenvalue weighted by Gasteiger charge is 1.92. The Morgan fingerprint density at radius 1 is 0.625 bits per heavy atom. The van der Waals surface area contributed by atoms with Gasteiger partial charge in [-0.15, -0.1) is 0 Å². The van der Waals surface area contributed by atoms with Crippen LogP contribution in [-0.2, 0) is 0 Å². The predicted octanol–water partition coefficient (Wildman–Crippen LogP) is 4.66. The summed E-state index contributed by atoms with van der Waals surface area (Å²) in [5.74, 6) is 0. The minimum atomic E-state index is 0.363. The smallest absolute Gasteiger partial charge is 0.0431 e. The topological polar surface area (TPSA) is 20.2 Å². The maximum absolute atomic E-state index is 8.62. The fourth-order valence-corrected chi connectivity index (χ4v) is 2.10. The van der Waals surface area contributed by atoms with Gasteiger partial charge in [0.15, 0.2) is 0 Å². The Kier molecular flexibility index (Phi) is 15.1. The van der Waals surface area contributed by atoms with Crippen LogP contribution < -0.4 is 0 Å². The van der Waals surface area contributed by atoms with Crippen LogP contribution in [0.3, 0.4) is 0 Å². The van der Waals surface area contributed by atoms with Crippen molar-refractivity contribution in [3.8, 4) is 0 Å². The monoisotopic (exact) mass is 244 g/mol. The Hall–Kier alpha value is 0.0500. The molecule has 2 heteroatoms. The summed E-state index contributed by atoms with van der Waals surface area (Å²) in [6, 6.07) is 0. The SMILES string of the molecule is OCCCCCCCCCCCCCC=S. The maximum Gasteiger partial charge on any atom is 0.0431 e. The van der Waals surface area contributed by atoms with Crippen molar-refractivity contribution in [2.45, 2.75) is 77.0 Å². The second kappa shape index (κ2) is 15.0. The van der Waals surface area contributed by atoms with Crippen molar-refractivity contribution in [3.63, 3.8) is 0 Å². The molecular formula is C14H28OS. The summed E-state index contributed by atoms with van der Waals surface area (Å²) < 4.78 is 0. The van der Waals surface area contributed by atoms with Gasteiger partial charge < -0.3 is 5.11 Å². The van der Waals surface area contributed by atoms with E-state index in [1.807, 2.05) is 5.37 Å². The molecule has 0 heterocycles. The normalized spacial score (nSPS) is 10.6.